The fourth-order valence-electron chi connectivity index (χ4n) is 5.84. The molecule has 0 amide bonds. The van der Waals surface area contributed by atoms with Gasteiger partial charge < -0.3 is 4.98 Å². The summed E-state index contributed by atoms with van der Waals surface area (Å²) in [4.78, 5) is 21.6. The van der Waals surface area contributed by atoms with Crippen LogP contribution in [-0.2, 0) is 10.0 Å². The summed E-state index contributed by atoms with van der Waals surface area (Å²) in [6.07, 6.45) is 5.64. The first-order chi connectivity index (χ1) is 19.4. The van der Waals surface area contributed by atoms with Crippen LogP contribution in [0.2, 0.25) is 0 Å². The van der Waals surface area contributed by atoms with E-state index >= 15 is 4.39 Å². The number of aromatic amines is 1. The fraction of sp³-hybridized carbons (Fsp3) is 0.241. The van der Waals surface area contributed by atoms with Gasteiger partial charge in [0.2, 0.25) is 10.0 Å². The molecule has 0 radical (unpaired) electrons. The average molecular weight is 557 g/mol. The molecular formula is C29H25FN6O3S. The standard InChI is InChI=1S/C29H25FN6O3S/c1-31-40(38,39)19-10-11-22-25(14-19)34(28(33-22)20-15-32-23-4-2-3-21(30)27(20)23)18-9-12-24-26(13-18)36(17-7-8-17)29(37)35(24)16-5-6-16/h2-4,9-17,31-32H,5-8H2,1H3. The van der Waals surface area contributed by atoms with Gasteiger partial charge in [-0.1, -0.05) is 6.07 Å². The molecule has 0 atom stereocenters. The first-order valence-corrected chi connectivity index (χ1v) is 14.8. The highest BCUT2D eigenvalue weighted by Crippen LogP contribution is 2.42. The van der Waals surface area contributed by atoms with Gasteiger partial charge in [-0.2, -0.15) is 0 Å². The molecule has 11 heteroatoms. The summed E-state index contributed by atoms with van der Waals surface area (Å²) in [5.41, 5.74) is 4.76. The molecule has 2 saturated carbocycles. The molecule has 2 aliphatic carbocycles. The average Bonchev–Trinajstić information content (AvgIpc) is 3.86. The van der Waals surface area contributed by atoms with Gasteiger partial charge in [0.1, 0.15) is 11.6 Å². The Morgan fingerprint density at radius 2 is 1.70 bits per heavy atom. The van der Waals surface area contributed by atoms with Gasteiger partial charge in [-0.3, -0.25) is 13.7 Å². The van der Waals surface area contributed by atoms with Crippen LogP contribution in [0, 0.1) is 5.82 Å². The van der Waals surface area contributed by atoms with Gasteiger partial charge in [-0.05, 0) is 81.3 Å². The van der Waals surface area contributed by atoms with Crippen molar-refractivity contribution in [2.24, 2.45) is 0 Å². The number of fused-ring (bicyclic) bond motifs is 3. The quantitative estimate of drug-likeness (QED) is 0.301. The molecule has 9 nitrogen and oxygen atoms in total. The number of hydrogen-bond donors (Lipinski definition) is 2. The summed E-state index contributed by atoms with van der Waals surface area (Å²) in [5, 5.41) is 0.401. The Morgan fingerprint density at radius 1 is 0.950 bits per heavy atom. The number of benzene rings is 3. The summed E-state index contributed by atoms with van der Waals surface area (Å²) in [5.74, 6) is 0.0805. The van der Waals surface area contributed by atoms with Crippen molar-refractivity contribution in [2.75, 3.05) is 7.05 Å². The lowest BCUT2D eigenvalue weighted by molar-refractivity contribution is 0.588. The van der Waals surface area contributed by atoms with Gasteiger partial charge in [0, 0.05) is 40.4 Å². The summed E-state index contributed by atoms with van der Waals surface area (Å²) >= 11 is 0. The molecule has 202 valence electrons. The lowest BCUT2D eigenvalue weighted by atomic mass is 10.1. The molecule has 0 saturated heterocycles. The molecule has 40 heavy (non-hydrogen) atoms. The van der Waals surface area contributed by atoms with Gasteiger partial charge in [-0.15, -0.1) is 0 Å². The van der Waals surface area contributed by atoms with E-state index in [0.717, 1.165) is 36.7 Å². The summed E-state index contributed by atoms with van der Waals surface area (Å²) in [6.45, 7) is 0. The van der Waals surface area contributed by atoms with E-state index < -0.39 is 10.0 Å². The second-order valence-corrected chi connectivity index (χ2v) is 12.5. The smallest absolute Gasteiger partial charge is 0.329 e. The first-order valence-electron chi connectivity index (χ1n) is 13.3. The van der Waals surface area contributed by atoms with E-state index in [4.69, 9.17) is 4.98 Å². The monoisotopic (exact) mass is 556 g/mol. The van der Waals surface area contributed by atoms with Crippen LogP contribution in [0.15, 0.2) is 70.5 Å². The number of aromatic nitrogens is 5. The van der Waals surface area contributed by atoms with Crippen molar-refractivity contribution >= 4 is 43.0 Å². The van der Waals surface area contributed by atoms with Crippen molar-refractivity contribution in [3.05, 3.63) is 77.1 Å². The second-order valence-electron chi connectivity index (χ2n) is 10.7. The van der Waals surface area contributed by atoms with Crippen molar-refractivity contribution in [3.8, 4) is 17.1 Å². The minimum atomic E-state index is -3.73. The summed E-state index contributed by atoms with van der Waals surface area (Å²) in [7, 11) is -2.36. The predicted molar refractivity (Wildman–Crippen MR) is 151 cm³/mol. The van der Waals surface area contributed by atoms with E-state index in [1.807, 2.05) is 31.9 Å². The Kier molecular flexibility index (Phi) is 4.82. The van der Waals surface area contributed by atoms with Crippen molar-refractivity contribution in [2.45, 2.75) is 42.7 Å². The zero-order valence-corrected chi connectivity index (χ0v) is 22.4. The highest BCUT2D eigenvalue weighted by Gasteiger charge is 2.34. The summed E-state index contributed by atoms with van der Waals surface area (Å²) in [6, 6.07) is 15.9. The molecular weight excluding hydrogens is 531 g/mol. The number of H-pyrrole nitrogens is 1. The molecule has 2 aliphatic rings. The maximum absolute atomic E-state index is 15.1. The van der Waals surface area contributed by atoms with Gasteiger partial charge in [0.05, 0.1) is 27.0 Å². The Hall–Kier alpha value is -4.22. The van der Waals surface area contributed by atoms with Crippen molar-refractivity contribution in [3.63, 3.8) is 0 Å². The van der Waals surface area contributed by atoms with E-state index in [1.165, 1.54) is 19.2 Å². The van der Waals surface area contributed by atoms with E-state index in [9.17, 15) is 13.2 Å². The maximum Gasteiger partial charge on any atom is 0.329 e. The largest absolute Gasteiger partial charge is 0.360 e. The van der Waals surface area contributed by atoms with E-state index in [-0.39, 0.29) is 28.5 Å². The third-order valence-electron chi connectivity index (χ3n) is 8.07. The maximum atomic E-state index is 15.1. The van der Waals surface area contributed by atoms with Crippen molar-refractivity contribution in [1.82, 2.24) is 28.4 Å². The van der Waals surface area contributed by atoms with E-state index in [0.29, 0.717) is 39.0 Å². The third kappa shape index (κ3) is 3.37. The molecule has 0 spiro atoms. The van der Waals surface area contributed by atoms with Crippen LogP contribution >= 0.6 is 0 Å². The number of rotatable bonds is 6. The minimum absolute atomic E-state index is 0.0222. The summed E-state index contributed by atoms with van der Waals surface area (Å²) < 4.78 is 48.6. The van der Waals surface area contributed by atoms with Gasteiger partial charge in [0.15, 0.2) is 0 Å². The highest BCUT2D eigenvalue weighted by molar-refractivity contribution is 7.89. The highest BCUT2D eigenvalue weighted by atomic mass is 32.2. The Morgan fingerprint density at radius 3 is 2.42 bits per heavy atom. The normalized spacial score (nSPS) is 16.1. The molecule has 3 heterocycles. The Labute approximate surface area is 227 Å². The molecule has 2 fully saturated rings. The molecule has 2 N–H and O–H groups in total. The number of nitrogens with zero attached hydrogens (tertiary/aromatic N) is 4. The van der Waals surface area contributed by atoms with Crippen LogP contribution in [0.25, 0.3) is 50.0 Å². The fourth-order valence-corrected chi connectivity index (χ4v) is 6.59. The van der Waals surface area contributed by atoms with Crippen LogP contribution in [0.5, 0.6) is 0 Å². The number of imidazole rings is 2. The molecule has 0 aliphatic heterocycles. The van der Waals surface area contributed by atoms with E-state index in [2.05, 4.69) is 9.71 Å². The van der Waals surface area contributed by atoms with Crippen molar-refractivity contribution < 1.29 is 12.8 Å². The lowest BCUT2D eigenvalue weighted by Crippen LogP contribution is -2.23. The minimum Gasteiger partial charge on any atom is -0.360 e. The van der Waals surface area contributed by atoms with Gasteiger partial charge >= 0.3 is 5.69 Å². The molecule has 0 bridgehead atoms. The predicted octanol–water partition coefficient (Wildman–Crippen LogP) is 5.01. The van der Waals surface area contributed by atoms with Crippen LogP contribution in [-0.4, -0.2) is 39.1 Å². The zero-order valence-electron chi connectivity index (χ0n) is 21.6. The van der Waals surface area contributed by atoms with Gasteiger partial charge in [-0.25, -0.2) is 27.3 Å². The number of halogens is 1. The van der Waals surface area contributed by atoms with Crippen LogP contribution in [0.3, 0.4) is 0 Å². The second kappa shape index (κ2) is 8.15. The van der Waals surface area contributed by atoms with Crippen LogP contribution in [0.4, 0.5) is 4.39 Å². The first kappa shape index (κ1) is 23.6. The molecule has 3 aromatic heterocycles. The number of sulfonamides is 1. The zero-order chi connectivity index (χ0) is 27.3. The molecule has 0 unspecified atom stereocenters. The molecule has 6 aromatic rings. The Balaban J connectivity index is 1.45. The van der Waals surface area contributed by atoms with Crippen LogP contribution in [0.1, 0.15) is 37.8 Å². The molecule has 8 rings (SSSR count). The number of hydrogen-bond acceptors (Lipinski definition) is 4. The van der Waals surface area contributed by atoms with Gasteiger partial charge in [0.25, 0.3) is 0 Å². The molecule has 3 aromatic carbocycles. The Bertz CT molecular complexity index is 2180. The topological polar surface area (TPSA) is 107 Å². The van der Waals surface area contributed by atoms with Crippen molar-refractivity contribution in [1.29, 1.82) is 0 Å². The van der Waals surface area contributed by atoms with E-state index in [1.54, 1.807) is 30.5 Å². The lowest BCUT2D eigenvalue weighted by Gasteiger charge is -2.11. The van der Waals surface area contributed by atoms with Crippen LogP contribution < -0.4 is 10.4 Å². The SMILES string of the molecule is CNS(=O)(=O)c1ccc2nc(-c3c[nH]c4cccc(F)c34)n(-c3ccc4c(c3)n(C3CC3)c(=O)n4C3CC3)c2c1. The third-order valence-corrected chi connectivity index (χ3v) is 9.49. The number of nitrogens with one attached hydrogen (secondary N) is 2.